The van der Waals surface area contributed by atoms with Crippen molar-refractivity contribution in [2.75, 3.05) is 0 Å². The Balaban J connectivity index is 2.29. The zero-order valence-corrected chi connectivity index (χ0v) is 9.71. The van der Waals surface area contributed by atoms with Gasteiger partial charge in [-0.15, -0.1) is 6.58 Å². The van der Waals surface area contributed by atoms with Crippen LogP contribution in [0, 0.1) is 11.3 Å². The standard InChI is InChI=1S/C14H22O/c1-3-8-13(2)9-6-11-14(15)10-5-4-7-12(13)14/h3,6,11-12,15H,1,4-5,7-10H2,2H3/t12-,13+,14+/m0/s1. The molecule has 0 radical (unpaired) electrons. The largest absolute Gasteiger partial charge is 0.385 e. The molecule has 84 valence electrons. The predicted octanol–water partition coefficient (Wildman–Crippen LogP) is 3.45. The van der Waals surface area contributed by atoms with Crippen LogP contribution in [0.15, 0.2) is 24.8 Å². The van der Waals surface area contributed by atoms with Gasteiger partial charge in [-0.25, -0.2) is 0 Å². The van der Waals surface area contributed by atoms with Crippen LogP contribution in [-0.2, 0) is 0 Å². The number of hydrogen-bond acceptors (Lipinski definition) is 1. The fourth-order valence-corrected chi connectivity index (χ4v) is 3.56. The number of fused-ring (bicyclic) bond motifs is 1. The molecule has 2 aliphatic rings. The molecule has 1 N–H and O–H groups in total. The van der Waals surface area contributed by atoms with Crippen LogP contribution in [0.25, 0.3) is 0 Å². The first-order valence-corrected chi connectivity index (χ1v) is 6.12. The third kappa shape index (κ3) is 1.78. The molecule has 0 aromatic rings. The maximum absolute atomic E-state index is 10.6. The average Bonchev–Trinajstić information content (AvgIpc) is 2.17. The van der Waals surface area contributed by atoms with Crippen LogP contribution in [0.5, 0.6) is 0 Å². The molecule has 0 saturated heterocycles. The lowest BCUT2D eigenvalue weighted by atomic mass is 9.57. The van der Waals surface area contributed by atoms with Crippen LogP contribution < -0.4 is 0 Å². The van der Waals surface area contributed by atoms with Crippen molar-refractivity contribution in [2.45, 2.75) is 51.0 Å². The van der Waals surface area contributed by atoms with Crippen molar-refractivity contribution in [3.8, 4) is 0 Å². The summed E-state index contributed by atoms with van der Waals surface area (Å²) in [5.74, 6) is 0.432. The van der Waals surface area contributed by atoms with Gasteiger partial charge in [0.25, 0.3) is 0 Å². The van der Waals surface area contributed by atoms with Gasteiger partial charge in [0.2, 0.25) is 0 Å². The summed E-state index contributed by atoms with van der Waals surface area (Å²) in [4.78, 5) is 0. The lowest BCUT2D eigenvalue weighted by Gasteiger charge is -2.50. The second-order valence-electron chi connectivity index (χ2n) is 5.54. The lowest BCUT2D eigenvalue weighted by molar-refractivity contribution is -0.0703. The van der Waals surface area contributed by atoms with Crippen LogP contribution in [0.3, 0.4) is 0 Å². The summed E-state index contributed by atoms with van der Waals surface area (Å²) in [6, 6.07) is 0. The molecule has 1 saturated carbocycles. The second kappa shape index (κ2) is 3.79. The van der Waals surface area contributed by atoms with Crippen LogP contribution in [0.1, 0.15) is 45.4 Å². The Labute approximate surface area is 92.9 Å². The first kappa shape index (κ1) is 10.9. The van der Waals surface area contributed by atoms with Crippen LogP contribution >= 0.6 is 0 Å². The molecule has 15 heavy (non-hydrogen) atoms. The summed E-state index contributed by atoms with van der Waals surface area (Å²) >= 11 is 0. The van der Waals surface area contributed by atoms with E-state index in [1.807, 2.05) is 6.08 Å². The van der Waals surface area contributed by atoms with Gasteiger partial charge in [0.1, 0.15) is 0 Å². The first-order valence-electron chi connectivity index (χ1n) is 6.12. The van der Waals surface area contributed by atoms with Gasteiger partial charge < -0.3 is 5.11 Å². The molecule has 0 heterocycles. The van der Waals surface area contributed by atoms with E-state index in [4.69, 9.17) is 0 Å². The summed E-state index contributed by atoms with van der Waals surface area (Å²) in [6.07, 6.45) is 12.9. The Morgan fingerprint density at radius 2 is 2.33 bits per heavy atom. The molecule has 2 rings (SSSR count). The monoisotopic (exact) mass is 206 g/mol. The topological polar surface area (TPSA) is 20.2 Å². The van der Waals surface area contributed by atoms with Crippen molar-refractivity contribution >= 4 is 0 Å². The quantitative estimate of drug-likeness (QED) is 0.686. The van der Waals surface area contributed by atoms with E-state index in [-0.39, 0.29) is 5.41 Å². The molecule has 1 nitrogen and oxygen atoms in total. The first-order chi connectivity index (χ1) is 7.11. The second-order valence-corrected chi connectivity index (χ2v) is 5.54. The Morgan fingerprint density at radius 3 is 3.07 bits per heavy atom. The smallest absolute Gasteiger partial charge is 0.0861 e. The van der Waals surface area contributed by atoms with Gasteiger partial charge in [0, 0.05) is 0 Å². The summed E-state index contributed by atoms with van der Waals surface area (Å²) in [7, 11) is 0. The summed E-state index contributed by atoms with van der Waals surface area (Å²) in [5, 5.41) is 10.6. The minimum Gasteiger partial charge on any atom is -0.385 e. The molecular weight excluding hydrogens is 184 g/mol. The maximum atomic E-state index is 10.6. The summed E-state index contributed by atoms with van der Waals surface area (Å²) in [6.45, 7) is 6.16. The van der Waals surface area contributed by atoms with Crippen molar-refractivity contribution < 1.29 is 5.11 Å². The highest BCUT2D eigenvalue weighted by Gasteiger charge is 2.48. The van der Waals surface area contributed by atoms with E-state index in [0.29, 0.717) is 5.92 Å². The van der Waals surface area contributed by atoms with Crippen molar-refractivity contribution in [2.24, 2.45) is 11.3 Å². The minimum atomic E-state index is -0.520. The molecule has 0 amide bonds. The van der Waals surface area contributed by atoms with Crippen molar-refractivity contribution in [3.63, 3.8) is 0 Å². The van der Waals surface area contributed by atoms with Gasteiger partial charge in [-0.1, -0.05) is 38.0 Å². The van der Waals surface area contributed by atoms with E-state index in [9.17, 15) is 5.11 Å². The van der Waals surface area contributed by atoms with E-state index >= 15 is 0 Å². The normalized spacial score (nSPS) is 44.8. The molecular formula is C14H22O. The minimum absolute atomic E-state index is 0.228. The number of allylic oxidation sites excluding steroid dienone is 2. The lowest BCUT2D eigenvalue weighted by Crippen LogP contribution is -2.49. The van der Waals surface area contributed by atoms with Crippen LogP contribution in [0.4, 0.5) is 0 Å². The molecule has 0 spiro atoms. The molecule has 0 bridgehead atoms. The Morgan fingerprint density at radius 1 is 1.53 bits per heavy atom. The van der Waals surface area contributed by atoms with Crippen LogP contribution in [0.2, 0.25) is 0 Å². The molecule has 2 aliphatic carbocycles. The summed E-state index contributed by atoms with van der Waals surface area (Å²) < 4.78 is 0. The third-order valence-corrected chi connectivity index (χ3v) is 4.37. The zero-order chi connectivity index (χ0) is 10.9. The van der Waals surface area contributed by atoms with Gasteiger partial charge in [-0.05, 0) is 37.0 Å². The van der Waals surface area contributed by atoms with E-state index in [2.05, 4.69) is 25.7 Å². The van der Waals surface area contributed by atoms with E-state index in [0.717, 1.165) is 19.3 Å². The molecule has 1 heteroatoms. The van der Waals surface area contributed by atoms with Gasteiger partial charge in [0.15, 0.2) is 0 Å². The predicted molar refractivity (Wildman–Crippen MR) is 63.6 cm³/mol. The highest BCUT2D eigenvalue weighted by molar-refractivity contribution is 5.16. The molecule has 0 aliphatic heterocycles. The Kier molecular flexibility index (Phi) is 2.76. The Bertz CT molecular complexity index is 281. The van der Waals surface area contributed by atoms with Crippen molar-refractivity contribution in [1.82, 2.24) is 0 Å². The molecule has 0 aromatic heterocycles. The number of hydrogen-bond donors (Lipinski definition) is 1. The molecule has 1 fully saturated rings. The van der Waals surface area contributed by atoms with Crippen LogP contribution in [-0.4, -0.2) is 10.7 Å². The number of aliphatic hydroxyl groups is 1. The third-order valence-electron chi connectivity index (χ3n) is 4.37. The van der Waals surface area contributed by atoms with E-state index < -0.39 is 5.60 Å². The van der Waals surface area contributed by atoms with E-state index in [1.54, 1.807) is 0 Å². The average molecular weight is 206 g/mol. The maximum Gasteiger partial charge on any atom is 0.0861 e. The highest BCUT2D eigenvalue weighted by Crippen LogP contribution is 2.51. The van der Waals surface area contributed by atoms with Gasteiger partial charge in [0.05, 0.1) is 5.60 Å². The van der Waals surface area contributed by atoms with Gasteiger partial charge in [-0.2, -0.15) is 0 Å². The fraction of sp³-hybridized carbons (Fsp3) is 0.714. The Hall–Kier alpha value is -0.560. The van der Waals surface area contributed by atoms with Gasteiger partial charge >= 0.3 is 0 Å². The summed E-state index contributed by atoms with van der Waals surface area (Å²) in [5.41, 5.74) is -0.292. The highest BCUT2D eigenvalue weighted by atomic mass is 16.3. The van der Waals surface area contributed by atoms with E-state index in [1.165, 1.54) is 19.3 Å². The van der Waals surface area contributed by atoms with Gasteiger partial charge in [-0.3, -0.25) is 0 Å². The number of rotatable bonds is 2. The molecule has 3 atom stereocenters. The SMILES string of the molecule is C=CC[C@]1(C)CC=C[C@]2(O)CCCC[C@@H]12. The molecule has 0 aromatic carbocycles. The molecule has 0 unspecified atom stereocenters. The van der Waals surface area contributed by atoms with Crippen molar-refractivity contribution in [3.05, 3.63) is 24.8 Å². The zero-order valence-electron chi connectivity index (χ0n) is 9.71. The van der Waals surface area contributed by atoms with Crippen molar-refractivity contribution in [1.29, 1.82) is 0 Å². The fourth-order valence-electron chi connectivity index (χ4n) is 3.56.